The minimum atomic E-state index is -0.0310. The SMILES string of the molecule is CCN(CC)C(=O)C1CCCN(c2nc(NCCCN3CCCC3=O)c3[nH]cnc3n2)C1. The van der Waals surface area contributed by atoms with E-state index >= 15 is 0 Å². The highest BCUT2D eigenvalue weighted by molar-refractivity contribution is 5.84. The summed E-state index contributed by atoms with van der Waals surface area (Å²) >= 11 is 0. The van der Waals surface area contributed by atoms with Gasteiger partial charge in [-0.15, -0.1) is 0 Å². The summed E-state index contributed by atoms with van der Waals surface area (Å²) in [5.74, 6) is 1.77. The zero-order valence-corrected chi connectivity index (χ0v) is 19.1. The first-order valence-corrected chi connectivity index (χ1v) is 11.9. The number of amides is 2. The summed E-state index contributed by atoms with van der Waals surface area (Å²) in [4.78, 5) is 47.5. The lowest BCUT2D eigenvalue weighted by Gasteiger charge is -2.34. The largest absolute Gasteiger partial charge is 0.368 e. The number of likely N-dealkylation sites (tertiary alicyclic amines) is 1. The smallest absolute Gasteiger partial charge is 0.229 e. The Morgan fingerprint density at radius 2 is 2.09 bits per heavy atom. The first-order valence-electron chi connectivity index (χ1n) is 11.9. The summed E-state index contributed by atoms with van der Waals surface area (Å²) in [6, 6.07) is 0. The molecule has 2 fully saturated rings. The highest BCUT2D eigenvalue weighted by Gasteiger charge is 2.30. The second kappa shape index (κ2) is 10.1. The Hall–Kier alpha value is -2.91. The van der Waals surface area contributed by atoms with E-state index in [9.17, 15) is 9.59 Å². The van der Waals surface area contributed by atoms with E-state index in [0.29, 0.717) is 36.9 Å². The average molecular weight is 443 g/mol. The van der Waals surface area contributed by atoms with E-state index in [1.54, 1.807) is 6.33 Å². The summed E-state index contributed by atoms with van der Waals surface area (Å²) in [7, 11) is 0. The minimum Gasteiger partial charge on any atom is -0.368 e. The van der Waals surface area contributed by atoms with Gasteiger partial charge in [0.25, 0.3) is 0 Å². The number of carbonyl (C=O) groups is 2. The van der Waals surface area contributed by atoms with Gasteiger partial charge in [0.1, 0.15) is 5.52 Å². The Morgan fingerprint density at radius 3 is 2.84 bits per heavy atom. The second-order valence-corrected chi connectivity index (χ2v) is 8.53. The fraction of sp³-hybridized carbons (Fsp3) is 0.682. The molecule has 2 saturated heterocycles. The summed E-state index contributed by atoms with van der Waals surface area (Å²) in [6.45, 7) is 9.30. The van der Waals surface area contributed by atoms with Gasteiger partial charge in [-0.1, -0.05) is 0 Å². The third-order valence-corrected chi connectivity index (χ3v) is 6.47. The summed E-state index contributed by atoms with van der Waals surface area (Å²) in [6.07, 6.45) is 5.95. The van der Waals surface area contributed by atoms with Crippen LogP contribution in [-0.4, -0.2) is 87.4 Å². The van der Waals surface area contributed by atoms with Gasteiger partial charge in [0.2, 0.25) is 17.8 Å². The van der Waals surface area contributed by atoms with Crippen LogP contribution in [0.25, 0.3) is 11.2 Å². The zero-order chi connectivity index (χ0) is 22.5. The Kier molecular flexibility index (Phi) is 7.06. The number of nitrogens with one attached hydrogen (secondary N) is 2. The molecule has 4 heterocycles. The van der Waals surface area contributed by atoms with E-state index in [1.807, 2.05) is 23.6 Å². The van der Waals surface area contributed by atoms with Crippen molar-refractivity contribution in [2.24, 2.45) is 5.92 Å². The van der Waals surface area contributed by atoms with Crippen LogP contribution in [0.3, 0.4) is 0 Å². The molecule has 32 heavy (non-hydrogen) atoms. The summed E-state index contributed by atoms with van der Waals surface area (Å²) in [5, 5.41) is 3.40. The maximum Gasteiger partial charge on any atom is 0.229 e. The molecule has 0 aromatic carbocycles. The van der Waals surface area contributed by atoms with Gasteiger partial charge in [-0.3, -0.25) is 9.59 Å². The number of nitrogens with zero attached hydrogens (tertiary/aromatic N) is 6. The number of H-pyrrole nitrogens is 1. The lowest BCUT2D eigenvalue weighted by molar-refractivity contribution is -0.135. The van der Waals surface area contributed by atoms with Crippen molar-refractivity contribution in [1.29, 1.82) is 0 Å². The third-order valence-electron chi connectivity index (χ3n) is 6.47. The van der Waals surface area contributed by atoms with Crippen molar-refractivity contribution in [3.63, 3.8) is 0 Å². The third kappa shape index (κ3) is 4.78. The van der Waals surface area contributed by atoms with Crippen LogP contribution < -0.4 is 10.2 Å². The molecule has 0 radical (unpaired) electrons. The fourth-order valence-corrected chi connectivity index (χ4v) is 4.66. The number of hydrogen-bond donors (Lipinski definition) is 2. The Balaban J connectivity index is 1.43. The maximum atomic E-state index is 12.9. The minimum absolute atomic E-state index is 0.0310. The van der Waals surface area contributed by atoms with Crippen LogP contribution >= 0.6 is 0 Å². The topological polar surface area (TPSA) is 110 Å². The van der Waals surface area contributed by atoms with Crippen LogP contribution in [0.15, 0.2) is 6.33 Å². The van der Waals surface area contributed by atoms with Crippen LogP contribution in [0.1, 0.15) is 46.0 Å². The normalized spacial score (nSPS) is 19.1. The van der Waals surface area contributed by atoms with Gasteiger partial charge >= 0.3 is 0 Å². The number of aromatic nitrogens is 4. The molecule has 1 unspecified atom stereocenters. The molecule has 0 aliphatic carbocycles. The van der Waals surface area contributed by atoms with Crippen molar-refractivity contribution in [3.8, 4) is 0 Å². The quantitative estimate of drug-likeness (QED) is 0.570. The van der Waals surface area contributed by atoms with E-state index in [0.717, 1.165) is 63.9 Å². The Bertz CT molecular complexity index is 941. The van der Waals surface area contributed by atoms with E-state index in [1.165, 1.54) is 0 Å². The number of piperidine rings is 1. The van der Waals surface area contributed by atoms with Crippen LogP contribution in [0.4, 0.5) is 11.8 Å². The van der Waals surface area contributed by atoms with Crippen molar-refractivity contribution in [2.45, 2.75) is 46.0 Å². The van der Waals surface area contributed by atoms with Crippen LogP contribution in [-0.2, 0) is 9.59 Å². The van der Waals surface area contributed by atoms with Crippen LogP contribution in [0, 0.1) is 5.92 Å². The molecule has 0 bridgehead atoms. The molecule has 10 heteroatoms. The number of imidazole rings is 1. The van der Waals surface area contributed by atoms with Crippen LogP contribution in [0.5, 0.6) is 0 Å². The molecule has 0 spiro atoms. The zero-order valence-electron chi connectivity index (χ0n) is 19.1. The summed E-state index contributed by atoms with van der Waals surface area (Å²) in [5.41, 5.74) is 1.39. The van der Waals surface area contributed by atoms with Crippen molar-refractivity contribution >= 4 is 34.7 Å². The standard InChI is InChI=1S/C22H34N8O2/c1-3-28(4-2)21(32)16-8-5-12-30(14-16)22-26-19(18-20(27-22)25-15-24-18)23-10-7-13-29-11-6-9-17(29)31/h15-16H,3-14H2,1-2H3,(H2,23,24,25,26,27). The van der Waals surface area contributed by atoms with E-state index in [2.05, 4.69) is 25.2 Å². The van der Waals surface area contributed by atoms with Gasteiger partial charge < -0.3 is 25.0 Å². The molecular formula is C22H34N8O2. The molecule has 2 aliphatic rings. The lowest BCUT2D eigenvalue weighted by atomic mass is 9.96. The van der Waals surface area contributed by atoms with Crippen molar-refractivity contribution in [3.05, 3.63) is 6.33 Å². The molecule has 2 aromatic heterocycles. The molecule has 2 N–H and O–H groups in total. The van der Waals surface area contributed by atoms with E-state index in [-0.39, 0.29) is 17.7 Å². The van der Waals surface area contributed by atoms with Gasteiger partial charge in [0.05, 0.1) is 12.2 Å². The number of aromatic amines is 1. The van der Waals surface area contributed by atoms with Gasteiger partial charge in [0.15, 0.2) is 11.5 Å². The predicted octanol–water partition coefficient (Wildman–Crippen LogP) is 1.86. The number of rotatable bonds is 9. The monoisotopic (exact) mass is 442 g/mol. The fourth-order valence-electron chi connectivity index (χ4n) is 4.66. The van der Waals surface area contributed by atoms with E-state index < -0.39 is 0 Å². The highest BCUT2D eigenvalue weighted by Crippen LogP contribution is 2.26. The predicted molar refractivity (Wildman–Crippen MR) is 123 cm³/mol. The van der Waals surface area contributed by atoms with Gasteiger partial charge in [0, 0.05) is 52.2 Å². The van der Waals surface area contributed by atoms with Crippen molar-refractivity contribution in [1.82, 2.24) is 29.7 Å². The van der Waals surface area contributed by atoms with Crippen molar-refractivity contribution < 1.29 is 9.59 Å². The van der Waals surface area contributed by atoms with Gasteiger partial charge in [-0.2, -0.15) is 9.97 Å². The Labute approximate surface area is 188 Å². The molecule has 2 amide bonds. The maximum absolute atomic E-state index is 12.9. The second-order valence-electron chi connectivity index (χ2n) is 8.53. The number of hydrogen-bond acceptors (Lipinski definition) is 7. The van der Waals surface area contributed by atoms with Gasteiger partial charge in [-0.25, -0.2) is 4.98 Å². The Morgan fingerprint density at radius 1 is 1.25 bits per heavy atom. The first kappa shape index (κ1) is 22.3. The average Bonchev–Trinajstić information content (AvgIpc) is 3.46. The lowest BCUT2D eigenvalue weighted by Crippen LogP contribution is -2.45. The number of carbonyl (C=O) groups excluding carboxylic acids is 2. The molecule has 174 valence electrons. The van der Waals surface area contributed by atoms with Gasteiger partial charge in [-0.05, 0) is 39.5 Å². The first-order chi connectivity index (χ1) is 15.6. The molecule has 1 atom stereocenters. The van der Waals surface area contributed by atoms with Crippen molar-refractivity contribution in [2.75, 3.05) is 56.0 Å². The number of anilines is 2. The number of fused-ring (bicyclic) bond motifs is 1. The molecule has 10 nitrogen and oxygen atoms in total. The molecule has 4 rings (SSSR count). The highest BCUT2D eigenvalue weighted by atomic mass is 16.2. The molecule has 2 aromatic rings. The van der Waals surface area contributed by atoms with Crippen LogP contribution in [0.2, 0.25) is 0 Å². The molecule has 2 aliphatic heterocycles. The molecular weight excluding hydrogens is 408 g/mol. The van der Waals surface area contributed by atoms with E-state index in [4.69, 9.17) is 4.98 Å². The summed E-state index contributed by atoms with van der Waals surface area (Å²) < 4.78 is 0. The molecule has 0 saturated carbocycles.